The van der Waals surface area contributed by atoms with Gasteiger partial charge in [-0.2, -0.15) is 0 Å². The van der Waals surface area contributed by atoms with Crippen molar-refractivity contribution in [1.29, 1.82) is 0 Å². The van der Waals surface area contributed by atoms with Crippen LogP contribution in [0, 0.1) is 6.92 Å². The average molecular weight is 344 g/mol. The van der Waals surface area contributed by atoms with E-state index in [0.29, 0.717) is 6.54 Å². The SMILES string of the molecule is CCNC(=O)CCC(=O)N[C@H](Cc1ccccc1)c1sccc1C. The van der Waals surface area contributed by atoms with E-state index in [1.165, 1.54) is 16.0 Å². The molecule has 0 radical (unpaired) electrons. The molecule has 24 heavy (non-hydrogen) atoms. The van der Waals surface area contributed by atoms with Gasteiger partial charge in [-0.3, -0.25) is 9.59 Å². The predicted octanol–water partition coefficient (Wildman–Crippen LogP) is 3.37. The van der Waals surface area contributed by atoms with Gasteiger partial charge in [-0.15, -0.1) is 11.3 Å². The van der Waals surface area contributed by atoms with E-state index in [1.807, 2.05) is 30.5 Å². The van der Waals surface area contributed by atoms with Crippen molar-refractivity contribution >= 4 is 23.2 Å². The fourth-order valence-electron chi connectivity index (χ4n) is 2.58. The van der Waals surface area contributed by atoms with Crippen LogP contribution in [0.4, 0.5) is 0 Å². The average Bonchev–Trinajstić information content (AvgIpc) is 3.00. The van der Waals surface area contributed by atoms with E-state index in [-0.39, 0.29) is 30.7 Å². The first-order valence-corrected chi connectivity index (χ1v) is 9.12. The lowest BCUT2D eigenvalue weighted by Gasteiger charge is -2.19. The first-order valence-electron chi connectivity index (χ1n) is 8.24. The second-order valence-corrected chi connectivity index (χ2v) is 6.68. The van der Waals surface area contributed by atoms with Gasteiger partial charge in [0.05, 0.1) is 6.04 Å². The highest BCUT2D eigenvalue weighted by Crippen LogP contribution is 2.27. The number of hydrogen-bond donors (Lipinski definition) is 2. The number of amides is 2. The zero-order valence-corrected chi connectivity index (χ0v) is 15.0. The molecule has 0 aliphatic rings. The third-order valence-corrected chi connectivity index (χ3v) is 4.92. The highest BCUT2D eigenvalue weighted by atomic mass is 32.1. The van der Waals surface area contributed by atoms with Crippen LogP contribution >= 0.6 is 11.3 Å². The minimum Gasteiger partial charge on any atom is -0.356 e. The quantitative estimate of drug-likeness (QED) is 0.771. The second-order valence-electron chi connectivity index (χ2n) is 5.73. The fourth-order valence-corrected chi connectivity index (χ4v) is 3.56. The van der Waals surface area contributed by atoms with Gasteiger partial charge in [0.1, 0.15) is 0 Å². The van der Waals surface area contributed by atoms with E-state index < -0.39 is 0 Å². The van der Waals surface area contributed by atoms with Crippen LogP contribution < -0.4 is 10.6 Å². The molecule has 1 aromatic heterocycles. The number of hydrogen-bond acceptors (Lipinski definition) is 3. The summed E-state index contributed by atoms with van der Waals surface area (Å²) in [6.07, 6.45) is 1.18. The molecule has 2 aromatic rings. The Kier molecular flexibility index (Phi) is 7.00. The van der Waals surface area contributed by atoms with Crippen molar-refractivity contribution in [1.82, 2.24) is 10.6 Å². The molecule has 5 heteroatoms. The molecule has 0 fully saturated rings. The van der Waals surface area contributed by atoms with Crippen molar-refractivity contribution in [2.24, 2.45) is 0 Å². The van der Waals surface area contributed by atoms with E-state index in [2.05, 4.69) is 35.8 Å². The highest BCUT2D eigenvalue weighted by Gasteiger charge is 2.18. The smallest absolute Gasteiger partial charge is 0.221 e. The Balaban J connectivity index is 2.02. The van der Waals surface area contributed by atoms with Crippen molar-refractivity contribution < 1.29 is 9.59 Å². The molecule has 1 atom stereocenters. The lowest BCUT2D eigenvalue weighted by atomic mass is 10.0. The molecule has 0 bridgehead atoms. The zero-order valence-electron chi connectivity index (χ0n) is 14.2. The van der Waals surface area contributed by atoms with Crippen LogP contribution in [-0.4, -0.2) is 18.4 Å². The largest absolute Gasteiger partial charge is 0.356 e. The summed E-state index contributed by atoms with van der Waals surface area (Å²) in [5.74, 6) is -0.172. The summed E-state index contributed by atoms with van der Waals surface area (Å²) in [5.41, 5.74) is 2.37. The molecular weight excluding hydrogens is 320 g/mol. The van der Waals surface area contributed by atoms with Gasteiger partial charge in [0.25, 0.3) is 0 Å². The molecule has 2 amide bonds. The maximum Gasteiger partial charge on any atom is 0.221 e. The number of carbonyl (C=O) groups is 2. The lowest BCUT2D eigenvalue weighted by Crippen LogP contribution is -2.31. The van der Waals surface area contributed by atoms with Crippen LogP contribution in [0.5, 0.6) is 0 Å². The van der Waals surface area contributed by atoms with Gasteiger partial charge in [-0.25, -0.2) is 0 Å². The number of benzene rings is 1. The van der Waals surface area contributed by atoms with E-state index >= 15 is 0 Å². The van der Waals surface area contributed by atoms with E-state index in [9.17, 15) is 9.59 Å². The Morgan fingerprint density at radius 2 is 1.79 bits per heavy atom. The predicted molar refractivity (Wildman–Crippen MR) is 98.0 cm³/mol. The molecule has 2 rings (SSSR count). The lowest BCUT2D eigenvalue weighted by molar-refractivity contribution is -0.126. The van der Waals surface area contributed by atoms with Gasteiger partial charge in [-0.1, -0.05) is 30.3 Å². The summed E-state index contributed by atoms with van der Waals surface area (Å²) < 4.78 is 0. The maximum atomic E-state index is 12.3. The number of carbonyl (C=O) groups excluding carboxylic acids is 2. The molecule has 2 N–H and O–H groups in total. The van der Waals surface area contributed by atoms with Gasteiger partial charge in [0.15, 0.2) is 0 Å². The van der Waals surface area contributed by atoms with Gasteiger partial charge >= 0.3 is 0 Å². The summed E-state index contributed by atoms with van der Waals surface area (Å²) in [6, 6.07) is 12.1. The van der Waals surface area contributed by atoms with Crippen LogP contribution in [0.3, 0.4) is 0 Å². The van der Waals surface area contributed by atoms with Crippen molar-refractivity contribution in [3.8, 4) is 0 Å². The van der Waals surface area contributed by atoms with E-state index in [4.69, 9.17) is 0 Å². The number of aryl methyl sites for hydroxylation is 1. The molecule has 1 aromatic carbocycles. The molecule has 0 aliphatic heterocycles. The monoisotopic (exact) mass is 344 g/mol. The zero-order chi connectivity index (χ0) is 17.4. The van der Waals surface area contributed by atoms with Crippen LogP contribution in [0.1, 0.15) is 41.8 Å². The summed E-state index contributed by atoms with van der Waals surface area (Å²) >= 11 is 1.66. The molecule has 0 saturated heterocycles. The standard InChI is InChI=1S/C19H24N2O2S/c1-3-20-17(22)9-10-18(23)21-16(19-14(2)11-12-24-19)13-15-7-5-4-6-8-15/h4-8,11-12,16H,3,9-10,13H2,1-2H3,(H,20,22)(H,21,23)/t16-/m1/s1. The molecule has 4 nitrogen and oxygen atoms in total. The van der Waals surface area contributed by atoms with Crippen LogP contribution in [0.25, 0.3) is 0 Å². The molecule has 0 saturated carbocycles. The first kappa shape index (κ1) is 18.2. The van der Waals surface area contributed by atoms with Gasteiger partial charge < -0.3 is 10.6 Å². The molecule has 1 heterocycles. The van der Waals surface area contributed by atoms with Crippen molar-refractivity contribution in [3.05, 3.63) is 57.8 Å². The molecule has 0 unspecified atom stereocenters. The van der Waals surface area contributed by atoms with E-state index in [0.717, 1.165) is 6.42 Å². The Labute approximate surface area is 147 Å². The maximum absolute atomic E-state index is 12.3. The number of thiophene rings is 1. The number of rotatable bonds is 8. The van der Waals surface area contributed by atoms with Gasteiger partial charge in [0, 0.05) is 24.3 Å². The Morgan fingerprint density at radius 3 is 2.42 bits per heavy atom. The fraction of sp³-hybridized carbons (Fsp3) is 0.368. The normalized spacial score (nSPS) is 11.8. The van der Waals surface area contributed by atoms with Crippen LogP contribution in [0.15, 0.2) is 41.8 Å². The number of nitrogens with one attached hydrogen (secondary N) is 2. The second kappa shape index (κ2) is 9.23. The van der Waals surface area contributed by atoms with E-state index in [1.54, 1.807) is 11.3 Å². The Bertz CT molecular complexity index is 667. The van der Waals surface area contributed by atoms with Crippen molar-refractivity contribution in [3.63, 3.8) is 0 Å². The third kappa shape index (κ3) is 5.49. The minimum absolute atomic E-state index is 0.0610. The summed E-state index contributed by atoms with van der Waals surface area (Å²) in [7, 11) is 0. The third-order valence-electron chi connectivity index (χ3n) is 3.79. The highest BCUT2D eigenvalue weighted by molar-refractivity contribution is 7.10. The Morgan fingerprint density at radius 1 is 1.08 bits per heavy atom. The Hall–Kier alpha value is -2.14. The molecule has 0 spiro atoms. The van der Waals surface area contributed by atoms with Gasteiger partial charge in [-0.05, 0) is 42.8 Å². The molecular formula is C19H24N2O2S. The summed E-state index contributed by atoms with van der Waals surface area (Å²) in [4.78, 5) is 25.0. The summed E-state index contributed by atoms with van der Waals surface area (Å²) in [6.45, 7) is 4.52. The topological polar surface area (TPSA) is 58.2 Å². The van der Waals surface area contributed by atoms with Crippen LogP contribution in [-0.2, 0) is 16.0 Å². The van der Waals surface area contributed by atoms with Crippen molar-refractivity contribution in [2.75, 3.05) is 6.54 Å². The van der Waals surface area contributed by atoms with Gasteiger partial charge in [0.2, 0.25) is 11.8 Å². The molecule has 128 valence electrons. The minimum atomic E-state index is -0.0880. The first-order chi connectivity index (χ1) is 11.6. The van der Waals surface area contributed by atoms with Crippen molar-refractivity contribution in [2.45, 2.75) is 39.2 Å². The molecule has 0 aliphatic carbocycles. The van der Waals surface area contributed by atoms with Crippen LogP contribution in [0.2, 0.25) is 0 Å². The summed E-state index contributed by atoms with van der Waals surface area (Å²) in [5, 5.41) is 7.86.